The van der Waals surface area contributed by atoms with Crippen molar-refractivity contribution in [1.29, 1.82) is 0 Å². The molecule has 4 heteroatoms. The van der Waals surface area contributed by atoms with E-state index in [2.05, 4.69) is 38.7 Å². The molecule has 0 N–H and O–H groups in total. The van der Waals surface area contributed by atoms with Crippen LogP contribution < -0.4 is 0 Å². The number of allylic oxidation sites excluding steroid dienone is 1. The molecule has 0 spiro atoms. The molecule has 0 aromatic heterocycles. The van der Waals surface area contributed by atoms with Gasteiger partial charge in [-0.3, -0.25) is 4.79 Å². The highest BCUT2D eigenvalue weighted by Crippen LogP contribution is 2.39. The topological polar surface area (TPSA) is 35.5 Å². The molecule has 1 aliphatic rings. The van der Waals surface area contributed by atoms with E-state index in [4.69, 9.17) is 9.16 Å². The van der Waals surface area contributed by atoms with Gasteiger partial charge < -0.3 is 9.16 Å². The maximum absolute atomic E-state index is 12.2. The van der Waals surface area contributed by atoms with Gasteiger partial charge in [-0.25, -0.2) is 0 Å². The Kier molecular flexibility index (Phi) is 5.80. The first-order chi connectivity index (χ1) is 8.84. The highest BCUT2D eigenvalue weighted by Gasteiger charge is 2.45. The van der Waals surface area contributed by atoms with Gasteiger partial charge >= 0.3 is 5.97 Å². The first kappa shape index (κ1) is 16.4. The largest absolute Gasteiger partial charge is 0.469 e. The summed E-state index contributed by atoms with van der Waals surface area (Å²) in [6.45, 7) is 8.64. The van der Waals surface area contributed by atoms with Gasteiger partial charge in [-0.1, -0.05) is 25.5 Å². The summed E-state index contributed by atoms with van der Waals surface area (Å²) < 4.78 is 11.5. The molecule has 0 saturated heterocycles. The van der Waals surface area contributed by atoms with Crippen LogP contribution in [0.4, 0.5) is 0 Å². The average molecular weight is 284 g/mol. The van der Waals surface area contributed by atoms with Crippen molar-refractivity contribution in [3.8, 4) is 0 Å². The van der Waals surface area contributed by atoms with E-state index in [1.807, 2.05) is 0 Å². The summed E-state index contributed by atoms with van der Waals surface area (Å²) in [6.07, 6.45) is 9.16. The molecule has 3 nitrogen and oxygen atoms in total. The van der Waals surface area contributed by atoms with Gasteiger partial charge in [0.05, 0.1) is 18.6 Å². The number of carbonyl (C=O) groups is 1. The molecule has 0 radical (unpaired) electrons. The molecule has 0 fully saturated rings. The molecule has 1 rings (SSSR count). The Labute approximate surface area is 118 Å². The van der Waals surface area contributed by atoms with Gasteiger partial charge in [0.15, 0.2) is 8.32 Å². The van der Waals surface area contributed by atoms with Crippen LogP contribution in [0.2, 0.25) is 19.6 Å². The Morgan fingerprint density at radius 3 is 2.53 bits per heavy atom. The summed E-state index contributed by atoms with van der Waals surface area (Å²) in [6, 6.07) is 0. The van der Waals surface area contributed by atoms with Crippen molar-refractivity contribution in [2.24, 2.45) is 5.92 Å². The van der Waals surface area contributed by atoms with E-state index in [-0.39, 0.29) is 11.9 Å². The van der Waals surface area contributed by atoms with Gasteiger partial charge in [-0.05, 0) is 45.3 Å². The van der Waals surface area contributed by atoms with Crippen molar-refractivity contribution in [2.45, 2.75) is 64.3 Å². The number of methoxy groups -OCH3 is 1. The number of rotatable bonds is 6. The summed E-state index contributed by atoms with van der Waals surface area (Å²) in [7, 11) is -0.254. The summed E-state index contributed by atoms with van der Waals surface area (Å²) in [5.74, 6) is -0.308. The van der Waals surface area contributed by atoms with E-state index >= 15 is 0 Å². The molecule has 2 atom stereocenters. The van der Waals surface area contributed by atoms with Crippen molar-refractivity contribution in [2.75, 3.05) is 7.11 Å². The third-order valence-corrected chi connectivity index (χ3v) is 4.48. The van der Waals surface area contributed by atoms with Crippen molar-refractivity contribution >= 4 is 14.3 Å². The molecule has 1 aliphatic carbocycles. The van der Waals surface area contributed by atoms with Crippen LogP contribution in [0.5, 0.6) is 0 Å². The van der Waals surface area contributed by atoms with Crippen LogP contribution in [-0.4, -0.2) is 27.0 Å². The van der Waals surface area contributed by atoms with Gasteiger partial charge in [0.25, 0.3) is 0 Å². The monoisotopic (exact) mass is 284 g/mol. The van der Waals surface area contributed by atoms with Gasteiger partial charge in [0, 0.05) is 0 Å². The predicted octanol–water partition coefficient (Wildman–Crippen LogP) is 3.91. The summed E-state index contributed by atoms with van der Waals surface area (Å²) in [5, 5.41) is 0. The van der Waals surface area contributed by atoms with E-state index in [9.17, 15) is 4.79 Å². The first-order valence-corrected chi connectivity index (χ1v) is 10.7. The SMILES string of the molecule is CCCC(C(=O)OC)C1(O[Si](C)(C)C)C=CCCC1. The Morgan fingerprint density at radius 2 is 2.11 bits per heavy atom. The highest BCUT2D eigenvalue weighted by molar-refractivity contribution is 6.69. The van der Waals surface area contributed by atoms with Gasteiger partial charge in [-0.2, -0.15) is 0 Å². The van der Waals surface area contributed by atoms with Crippen LogP contribution in [0.15, 0.2) is 12.2 Å². The Morgan fingerprint density at radius 1 is 1.42 bits per heavy atom. The zero-order chi connectivity index (χ0) is 14.5. The van der Waals surface area contributed by atoms with E-state index in [1.165, 1.54) is 7.11 Å². The lowest BCUT2D eigenvalue weighted by molar-refractivity contribution is -0.153. The lowest BCUT2D eigenvalue weighted by atomic mass is 9.78. The minimum absolute atomic E-state index is 0.133. The molecule has 0 aromatic carbocycles. The number of carbonyl (C=O) groups excluding carboxylic acids is 1. The van der Waals surface area contributed by atoms with Crippen LogP contribution in [0.3, 0.4) is 0 Å². The lowest BCUT2D eigenvalue weighted by Crippen LogP contribution is -2.50. The van der Waals surface area contributed by atoms with Gasteiger partial charge in [0.1, 0.15) is 0 Å². The average Bonchev–Trinajstić information content (AvgIpc) is 2.34. The first-order valence-electron chi connectivity index (χ1n) is 7.30. The molecule has 0 amide bonds. The van der Waals surface area contributed by atoms with Crippen LogP contribution in [-0.2, 0) is 14.0 Å². The third-order valence-electron chi connectivity index (χ3n) is 3.49. The molecular formula is C15H28O3Si. The van der Waals surface area contributed by atoms with E-state index in [0.717, 1.165) is 32.1 Å². The second-order valence-corrected chi connectivity index (χ2v) is 10.8. The van der Waals surface area contributed by atoms with Crippen molar-refractivity contribution < 1.29 is 14.0 Å². The molecule has 2 unspecified atom stereocenters. The minimum atomic E-state index is -1.73. The second-order valence-electron chi connectivity index (χ2n) is 6.33. The molecule has 0 saturated carbocycles. The fourth-order valence-corrected chi connectivity index (χ4v) is 4.32. The molecule has 19 heavy (non-hydrogen) atoms. The Hall–Kier alpha value is -0.613. The van der Waals surface area contributed by atoms with Gasteiger partial charge in [0.2, 0.25) is 0 Å². The number of hydrogen-bond acceptors (Lipinski definition) is 3. The van der Waals surface area contributed by atoms with E-state index in [0.29, 0.717) is 0 Å². The summed E-state index contributed by atoms with van der Waals surface area (Å²) >= 11 is 0. The van der Waals surface area contributed by atoms with Gasteiger partial charge in [-0.15, -0.1) is 0 Å². The summed E-state index contributed by atoms with van der Waals surface area (Å²) in [4.78, 5) is 12.2. The van der Waals surface area contributed by atoms with Crippen molar-refractivity contribution in [1.82, 2.24) is 0 Å². The van der Waals surface area contributed by atoms with E-state index in [1.54, 1.807) is 0 Å². The minimum Gasteiger partial charge on any atom is -0.469 e. The maximum atomic E-state index is 12.2. The Bertz CT molecular complexity index is 333. The van der Waals surface area contributed by atoms with E-state index < -0.39 is 13.9 Å². The maximum Gasteiger partial charge on any atom is 0.311 e. The quantitative estimate of drug-likeness (QED) is 0.421. The zero-order valence-electron chi connectivity index (χ0n) is 13.0. The molecule has 0 heterocycles. The number of ether oxygens (including phenoxy) is 1. The zero-order valence-corrected chi connectivity index (χ0v) is 14.0. The van der Waals surface area contributed by atoms with Crippen molar-refractivity contribution in [3.63, 3.8) is 0 Å². The second kappa shape index (κ2) is 6.71. The van der Waals surface area contributed by atoms with Crippen LogP contribution >= 0.6 is 0 Å². The standard InChI is InChI=1S/C15H28O3Si/c1-6-10-13(14(16)17-2)15(18-19(3,4)5)11-8-7-9-12-15/h8,11,13H,6-7,9-10,12H2,1-5H3. The van der Waals surface area contributed by atoms with Crippen LogP contribution in [0.25, 0.3) is 0 Å². The number of hydrogen-bond donors (Lipinski definition) is 0. The predicted molar refractivity (Wildman–Crippen MR) is 80.6 cm³/mol. The molecule has 0 aromatic rings. The molecular weight excluding hydrogens is 256 g/mol. The molecule has 0 bridgehead atoms. The molecule has 0 aliphatic heterocycles. The smallest absolute Gasteiger partial charge is 0.311 e. The fourth-order valence-electron chi connectivity index (χ4n) is 2.87. The summed E-state index contributed by atoms with van der Waals surface area (Å²) in [5.41, 5.74) is -0.439. The number of esters is 1. The van der Waals surface area contributed by atoms with Crippen LogP contribution in [0, 0.1) is 5.92 Å². The third kappa shape index (κ3) is 4.46. The lowest BCUT2D eigenvalue weighted by Gasteiger charge is -2.43. The highest BCUT2D eigenvalue weighted by atomic mass is 28.4. The fraction of sp³-hybridized carbons (Fsp3) is 0.800. The normalized spacial score (nSPS) is 25.1. The van der Waals surface area contributed by atoms with Crippen molar-refractivity contribution in [3.05, 3.63) is 12.2 Å². The Balaban J connectivity index is 3.08. The molecule has 110 valence electrons. The van der Waals surface area contributed by atoms with Crippen LogP contribution in [0.1, 0.15) is 39.0 Å².